The van der Waals surface area contributed by atoms with Crippen molar-refractivity contribution in [2.45, 2.75) is 10.6 Å². The Hall–Kier alpha value is -1.67. The van der Waals surface area contributed by atoms with Crippen LogP contribution in [0, 0.1) is 0 Å². The normalized spacial score (nSPS) is 14.3. The highest BCUT2D eigenvalue weighted by atomic mass is 32.2. The van der Waals surface area contributed by atoms with Crippen LogP contribution in [0.2, 0.25) is 0 Å². The van der Waals surface area contributed by atoms with Crippen LogP contribution in [-0.4, -0.2) is 30.9 Å². The van der Waals surface area contributed by atoms with Gasteiger partial charge >= 0.3 is 0 Å². The van der Waals surface area contributed by atoms with E-state index >= 15 is 0 Å². The number of hydrogen-bond donors (Lipinski definition) is 1. The molecule has 0 fully saturated rings. The maximum Gasteiger partial charge on any atom is 0.185 e. The molecule has 0 atom stereocenters. The summed E-state index contributed by atoms with van der Waals surface area (Å²) in [4.78, 5) is 4.14. The van der Waals surface area contributed by atoms with Gasteiger partial charge in [-0.15, -0.1) is 0 Å². The van der Waals surface area contributed by atoms with Gasteiger partial charge in [0.1, 0.15) is 29.4 Å². The van der Waals surface area contributed by atoms with Crippen LogP contribution < -0.4 is 10.1 Å². The Morgan fingerprint density at radius 1 is 1.42 bits per heavy atom. The third-order valence-corrected chi connectivity index (χ3v) is 5.18. The van der Waals surface area contributed by atoms with Crippen molar-refractivity contribution in [1.82, 2.24) is 9.36 Å². The van der Waals surface area contributed by atoms with Gasteiger partial charge in [-0.1, -0.05) is 0 Å². The van der Waals surface area contributed by atoms with E-state index in [0.717, 1.165) is 23.8 Å². The summed E-state index contributed by atoms with van der Waals surface area (Å²) in [7, 11) is -3.42. The summed E-state index contributed by atoms with van der Waals surface area (Å²) < 4.78 is 33.7. The minimum atomic E-state index is -3.42. The number of fused-ring (bicyclic) bond motifs is 1. The van der Waals surface area contributed by atoms with Crippen molar-refractivity contribution in [3.05, 3.63) is 29.5 Å². The molecule has 19 heavy (non-hydrogen) atoms. The first kappa shape index (κ1) is 12.4. The number of rotatable bonds is 3. The molecule has 0 saturated heterocycles. The fourth-order valence-corrected chi connectivity index (χ4v) is 3.93. The van der Waals surface area contributed by atoms with E-state index < -0.39 is 9.84 Å². The van der Waals surface area contributed by atoms with E-state index in [1.165, 1.54) is 6.33 Å². The summed E-state index contributed by atoms with van der Waals surface area (Å²) in [5, 5.41) is 3.63. The molecule has 100 valence electrons. The Balaban J connectivity index is 1.93. The summed E-state index contributed by atoms with van der Waals surface area (Å²) in [6, 6.07) is 4.86. The highest BCUT2D eigenvalue weighted by Gasteiger charge is 2.20. The number of hydrogen-bond acceptors (Lipinski definition) is 7. The molecular formula is C11H11N3O3S2. The van der Waals surface area contributed by atoms with Crippen LogP contribution >= 0.6 is 11.5 Å². The molecular weight excluding hydrogens is 286 g/mol. The zero-order valence-electron chi connectivity index (χ0n) is 9.87. The first-order valence-electron chi connectivity index (χ1n) is 5.64. The van der Waals surface area contributed by atoms with Gasteiger partial charge in [0.2, 0.25) is 0 Å². The molecule has 0 aliphatic carbocycles. The zero-order chi connectivity index (χ0) is 13.3. The van der Waals surface area contributed by atoms with Crippen LogP contribution in [0.5, 0.6) is 5.75 Å². The van der Waals surface area contributed by atoms with E-state index in [0.29, 0.717) is 17.4 Å². The fourth-order valence-electron chi connectivity index (χ4n) is 1.81. The summed E-state index contributed by atoms with van der Waals surface area (Å²) in [6.07, 6.45) is 1.36. The SMILES string of the molecule is O=S(=O)(Cc1ncns1)c1ccc2c(c1)OCCN2. The molecule has 1 aliphatic rings. The molecule has 0 saturated carbocycles. The lowest BCUT2D eigenvalue weighted by molar-refractivity contribution is 0.322. The average molecular weight is 297 g/mol. The summed E-state index contributed by atoms with van der Waals surface area (Å²) in [5.41, 5.74) is 0.820. The van der Waals surface area contributed by atoms with Crippen LogP contribution in [0.15, 0.2) is 29.4 Å². The first-order chi connectivity index (χ1) is 9.15. The lowest BCUT2D eigenvalue weighted by atomic mass is 10.2. The van der Waals surface area contributed by atoms with Crippen LogP contribution in [0.1, 0.15) is 5.01 Å². The highest BCUT2D eigenvalue weighted by Crippen LogP contribution is 2.30. The van der Waals surface area contributed by atoms with Crippen molar-refractivity contribution >= 4 is 27.1 Å². The predicted molar refractivity (Wildman–Crippen MR) is 71.2 cm³/mol. The zero-order valence-corrected chi connectivity index (χ0v) is 11.5. The number of nitrogens with zero attached hydrogens (tertiary/aromatic N) is 2. The van der Waals surface area contributed by atoms with Gasteiger partial charge in [0.15, 0.2) is 9.84 Å². The smallest absolute Gasteiger partial charge is 0.185 e. The van der Waals surface area contributed by atoms with E-state index in [4.69, 9.17) is 4.74 Å². The van der Waals surface area contributed by atoms with Gasteiger partial charge in [-0.2, -0.15) is 4.37 Å². The third kappa shape index (κ3) is 2.54. The van der Waals surface area contributed by atoms with Gasteiger partial charge in [-0.05, 0) is 23.7 Å². The van der Waals surface area contributed by atoms with Gasteiger partial charge in [0.05, 0.1) is 10.6 Å². The summed E-state index contributed by atoms with van der Waals surface area (Å²) >= 11 is 1.09. The number of nitrogens with one attached hydrogen (secondary N) is 1. The Morgan fingerprint density at radius 2 is 2.32 bits per heavy atom. The van der Waals surface area contributed by atoms with Crippen LogP contribution in [-0.2, 0) is 15.6 Å². The maximum atomic E-state index is 12.2. The molecule has 3 rings (SSSR count). The second-order valence-electron chi connectivity index (χ2n) is 4.03. The number of ether oxygens (including phenoxy) is 1. The van der Waals surface area contributed by atoms with Gasteiger partial charge < -0.3 is 10.1 Å². The van der Waals surface area contributed by atoms with Gasteiger partial charge in [0, 0.05) is 12.6 Å². The lowest BCUT2D eigenvalue weighted by Crippen LogP contribution is -2.18. The van der Waals surface area contributed by atoms with Gasteiger partial charge in [0.25, 0.3) is 0 Å². The van der Waals surface area contributed by atoms with Crippen molar-refractivity contribution in [3.8, 4) is 5.75 Å². The number of benzene rings is 1. The molecule has 1 aromatic carbocycles. The molecule has 0 bridgehead atoms. The van der Waals surface area contributed by atoms with Crippen molar-refractivity contribution in [2.75, 3.05) is 18.5 Å². The monoisotopic (exact) mass is 297 g/mol. The van der Waals surface area contributed by atoms with Crippen molar-refractivity contribution < 1.29 is 13.2 Å². The van der Waals surface area contributed by atoms with E-state index in [1.807, 2.05) is 0 Å². The molecule has 6 nitrogen and oxygen atoms in total. The first-order valence-corrected chi connectivity index (χ1v) is 8.07. The number of sulfone groups is 1. The van der Waals surface area contributed by atoms with Crippen LogP contribution in [0.25, 0.3) is 0 Å². The Labute approximate surface area is 114 Å². The predicted octanol–water partition coefficient (Wildman–Crippen LogP) is 1.32. The maximum absolute atomic E-state index is 12.2. The molecule has 8 heteroatoms. The lowest BCUT2D eigenvalue weighted by Gasteiger charge is -2.19. The summed E-state index contributed by atoms with van der Waals surface area (Å²) in [6.45, 7) is 1.26. The standard InChI is InChI=1S/C11H11N3O3S2/c15-19(16,6-11-13-7-14-18-11)8-1-2-9-10(5-8)17-4-3-12-9/h1-2,5,7,12H,3-4,6H2. The van der Waals surface area contributed by atoms with Crippen LogP contribution in [0.3, 0.4) is 0 Å². The fraction of sp³-hybridized carbons (Fsp3) is 0.273. The van der Waals surface area contributed by atoms with Crippen LogP contribution in [0.4, 0.5) is 5.69 Å². The molecule has 1 N–H and O–H groups in total. The van der Waals surface area contributed by atoms with Gasteiger partial charge in [-0.25, -0.2) is 13.4 Å². The van der Waals surface area contributed by atoms with Crippen molar-refractivity contribution in [3.63, 3.8) is 0 Å². The third-order valence-electron chi connectivity index (χ3n) is 2.71. The Kier molecular flexibility index (Phi) is 3.11. The summed E-state index contributed by atoms with van der Waals surface area (Å²) in [5.74, 6) is 0.439. The quantitative estimate of drug-likeness (QED) is 0.920. The van der Waals surface area contributed by atoms with E-state index in [-0.39, 0.29) is 10.6 Å². The molecule has 2 heterocycles. The highest BCUT2D eigenvalue weighted by molar-refractivity contribution is 7.90. The Morgan fingerprint density at radius 3 is 3.11 bits per heavy atom. The molecule has 0 radical (unpaired) electrons. The molecule has 0 amide bonds. The molecule has 1 aliphatic heterocycles. The molecule has 2 aromatic rings. The van der Waals surface area contributed by atoms with E-state index in [9.17, 15) is 8.42 Å². The average Bonchev–Trinajstić information content (AvgIpc) is 2.90. The van der Waals surface area contributed by atoms with Crippen molar-refractivity contribution in [1.29, 1.82) is 0 Å². The Bertz CT molecular complexity index is 683. The second-order valence-corrected chi connectivity index (χ2v) is 6.88. The second kappa shape index (κ2) is 4.78. The molecule has 0 unspecified atom stereocenters. The topological polar surface area (TPSA) is 81.2 Å². The largest absolute Gasteiger partial charge is 0.490 e. The molecule has 1 aromatic heterocycles. The number of aromatic nitrogens is 2. The minimum Gasteiger partial charge on any atom is -0.490 e. The van der Waals surface area contributed by atoms with E-state index in [2.05, 4.69) is 14.7 Å². The molecule has 0 spiro atoms. The van der Waals surface area contributed by atoms with E-state index in [1.54, 1.807) is 18.2 Å². The van der Waals surface area contributed by atoms with Crippen molar-refractivity contribution in [2.24, 2.45) is 0 Å². The minimum absolute atomic E-state index is 0.135. The van der Waals surface area contributed by atoms with Gasteiger partial charge in [-0.3, -0.25) is 0 Å². The number of anilines is 1.